The third kappa shape index (κ3) is 9.90. The minimum Gasteiger partial charge on any atom is -0.0651 e. The van der Waals surface area contributed by atoms with Gasteiger partial charge >= 0.3 is 0 Å². The molecule has 1 fully saturated rings. The summed E-state index contributed by atoms with van der Waals surface area (Å²) in [6.07, 6.45) is 10.0. The van der Waals surface area contributed by atoms with Crippen molar-refractivity contribution in [2.45, 2.75) is 107 Å². The molecular weight excluding hydrogens is 264 g/mol. The molecule has 1 rings (SSSR count). The van der Waals surface area contributed by atoms with Gasteiger partial charge in [0.25, 0.3) is 0 Å². The fourth-order valence-electron chi connectivity index (χ4n) is 3.68. The topological polar surface area (TPSA) is 0 Å². The molecule has 0 heterocycles. The molecule has 22 heavy (non-hydrogen) atoms. The van der Waals surface area contributed by atoms with Gasteiger partial charge in [-0.05, 0) is 54.3 Å². The quantitative estimate of drug-likeness (QED) is 0.483. The summed E-state index contributed by atoms with van der Waals surface area (Å²) < 4.78 is 0. The molecular formula is C22H46. The molecule has 0 aromatic carbocycles. The summed E-state index contributed by atoms with van der Waals surface area (Å²) in [4.78, 5) is 0. The highest BCUT2D eigenvalue weighted by atomic mass is 14.3. The molecule has 0 aromatic heterocycles. The Hall–Kier alpha value is 0. The van der Waals surface area contributed by atoms with Crippen molar-refractivity contribution in [3.8, 4) is 0 Å². The molecule has 134 valence electrons. The van der Waals surface area contributed by atoms with Crippen molar-refractivity contribution in [2.75, 3.05) is 0 Å². The predicted octanol–water partition coefficient (Wildman–Crippen LogP) is 7.96. The lowest BCUT2D eigenvalue weighted by atomic mass is 9.70. The minimum absolute atomic E-state index is 0.556. The van der Waals surface area contributed by atoms with E-state index in [0.29, 0.717) is 5.41 Å². The van der Waals surface area contributed by atoms with E-state index in [1.54, 1.807) is 0 Å². The summed E-state index contributed by atoms with van der Waals surface area (Å²) in [6.45, 7) is 21.2. The second-order valence-corrected chi connectivity index (χ2v) is 9.71. The van der Waals surface area contributed by atoms with E-state index in [1.807, 2.05) is 0 Å². The first-order valence-corrected chi connectivity index (χ1v) is 10.1. The molecule has 1 aliphatic rings. The number of hydrogen-bond acceptors (Lipinski definition) is 0. The lowest BCUT2D eigenvalue weighted by Crippen LogP contribution is -2.24. The first-order valence-electron chi connectivity index (χ1n) is 10.1. The Kier molecular flexibility index (Phi) is 10.7. The smallest absolute Gasteiger partial charge is 0.0354 e. The van der Waals surface area contributed by atoms with Crippen LogP contribution in [0.5, 0.6) is 0 Å². The Labute approximate surface area is 142 Å². The molecule has 0 amide bonds. The Morgan fingerprint density at radius 1 is 0.864 bits per heavy atom. The Morgan fingerprint density at radius 3 is 1.68 bits per heavy atom. The van der Waals surface area contributed by atoms with Gasteiger partial charge in [-0.2, -0.15) is 0 Å². The van der Waals surface area contributed by atoms with Crippen molar-refractivity contribution >= 4 is 0 Å². The van der Waals surface area contributed by atoms with Crippen LogP contribution >= 0.6 is 0 Å². The molecule has 0 radical (unpaired) electrons. The van der Waals surface area contributed by atoms with E-state index in [1.165, 1.54) is 44.9 Å². The van der Waals surface area contributed by atoms with E-state index in [-0.39, 0.29) is 0 Å². The van der Waals surface area contributed by atoms with Crippen LogP contribution in [0.25, 0.3) is 0 Å². The van der Waals surface area contributed by atoms with Crippen molar-refractivity contribution in [3.63, 3.8) is 0 Å². The average Bonchev–Trinajstić information content (AvgIpc) is 2.38. The van der Waals surface area contributed by atoms with Crippen LogP contribution in [0.15, 0.2) is 0 Å². The lowest BCUT2D eigenvalue weighted by molar-refractivity contribution is 0.155. The highest BCUT2D eigenvalue weighted by molar-refractivity contribution is 4.78. The summed E-state index contributed by atoms with van der Waals surface area (Å²) in [5, 5.41) is 0. The molecule has 0 aromatic rings. The lowest BCUT2D eigenvalue weighted by Gasteiger charge is -2.35. The van der Waals surface area contributed by atoms with E-state index >= 15 is 0 Å². The molecule has 0 heteroatoms. The summed E-state index contributed by atoms with van der Waals surface area (Å²) in [6, 6.07) is 0. The van der Waals surface area contributed by atoms with Crippen LogP contribution in [0.3, 0.4) is 0 Å². The average molecular weight is 311 g/mol. The molecule has 0 N–H and O–H groups in total. The van der Waals surface area contributed by atoms with Gasteiger partial charge in [-0.1, -0.05) is 88.0 Å². The maximum absolute atomic E-state index is 2.39. The Bertz CT molecular complexity index is 248. The fraction of sp³-hybridized carbons (Fsp3) is 1.00. The second kappa shape index (κ2) is 10.7. The first kappa shape index (κ1) is 22.0. The largest absolute Gasteiger partial charge is 0.0651 e. The zero-order valence-corrected chi connectivity index (χ0v) is 17.3. The summed E-state index contributed by atoms with van der Waals surface area (Å²) >= 11 is 0. The van der Waals surface area contributed by atoms with Crippen LogP contribution in [0.1, 0.15) is 107 Å². The van der Waals surface area contributed by atoms with Gasteiger partial charge < -0.3 is 0 Å². The summed E-state index contributed by atoms with van der Waals surface area (Å²) in [7, 11) is 0. The van der Waals surface area contributed by atoms with Gasteiger partial charge in [-0.3, -0.25) is 0 Å². The minimum atomic E-state index is 0.556. The zero-order chi connectivity index (χ0) is 17.3. The molecule has 0 nitrogen and oxygen atoms in total. The van der Waals surface area contributed by atoms with Crippen LogP contribution in [0.4, 0.5) is 0 Å². The highest BCUT2D eigenvalue weighted by Crippen LogP contribution is 2.39. The third-order valence-corrected chi connectivity index (χ3v) is 5.82. The summed E-state index contributed by atoms with van der Waals surface area (Å²) in [5.41, 5.74) is 0.556. The van der Waals surface area contributed by atoms with E-state index in [2.05, 4.69) is 62.3 Å². The van der Waals surface area contributed by atoms with E-state index in [0.717, 1.165) is 29.6 Å². The van der Waals surface area contributed by atoms with Gasteiger partial charge in [-0.25, -0.2) is 0 Å². The van der Waals surface area contributed by atoms with Crippen molar-refractivity contribution in [2.24, 2.45) is 35.0 Å². The van der Waals surface area contributed by atoms with Crippen LogP contribution in [-0.4, -0.2) is 0 Å². The van der Waals surface area contributed by atoms with Gasteiger partial charge in [-0.15, -0.1) is 0 Å². The molecule has 0 spiro atoms. The van der Waals surface area contributed by atoms with Crippen molar-refractivity contribution in [3.05, 3.63) is 0 Å². The molecule has 0 bridgehead atoms. The van der Waals surface area contributed by atoms with Crippen LogP contribution in [0, 0.1) is 35.0 Å². The summed E-state index contributed by atoms with van der Waals surface area (Å²) in [5.74, 6) is 4.69. The normalized spacial score (nSPS) is 24.1. The van der Waals surface area contributed by atoms with Gasteiger partial charge in [0.1, 0.15) is 0 Å². The fourth-order valence-corrected chi connectivity index (χ4v) is 3.68. The Morgan fingerprint density at radius 2 is 1.36 bits per heavy atom. The van der Waals surface area contributed by atoms with Gasteiger partial charge in [0.15, 0.2) is 0 Å². The maximum atomic E-state index is 2.39. The van der Waals surface area contributed by atoms with Crippen LogP contribution in [-0.2, 0) is 0 Å². The molecule has 1 atom stereocenters. The highest BCUT2D eigenvalue weighted by Gasteiger charge is 2.27. The van der Waals surface area contributed by atoms with Gasteiger partial charge in [0, 0.05) is 0 Å². The standard InChI is InChI=1S/C11H22.C11H24/c1-9-5-7-10(8-6-9)11(2,3)4;1-6-11(10(4)5)8-7-9(2)3/h9-10H,5-8H2,1-4H3;9-11H,6-8H2,1-5H3. The maximum Gasteiger partial charge on any atom is -0.0354 e. The monoisotopic (exact) mass is 310 g/mol. The molecule has 1 saturated carbocycles. The van der Waals surface area contributed by atoms with Crippen molar-refractivity contribution < 1.29 is 0 Å². The van der Waals surface area contributed by atoms with Crippen LogP contribution in [0.2, 0.25) is 0 Å². The SMILES string of the molecule is CC1CCC(C(C)(C)C)CC1.CCC(CCC(C)C)C(C)C. The van der Waals surface area contributed by atoms with E-state index in [4.69, 9.17) is 0 Å². The second-order valence-electron chi connectivity index (χ2n) is 9.71. The van der Waals surface area contributed by atoms with Gasteiger partial charge in [0.2, 0.25) is 0 Å². The molecule has 0 saturated heterocycles. The third-order valence-electron chi connectivity index (χ3n) is 5.82. The van der Waals surface area contributed by atoms with Crippen LogP contribution < -0.4 is 0 Å². The van der Waals surface area contributed by atoms with E-state index in [9.17, 15) is 0 Å². The Balaban J connectivity index is 0.000000401. The van der Waals surface area contributed by atoms with E-state index < -0.39 is 0 Å². The molecule has 1 aliphatic carbocycles. The predicted molar refractivity (Wildman–Crippen MR) is 103 cm³/mol. The van der Waals surface area contributed by atoms with Gasteiger partial charge in [0.05, 0.1) is 0 Å². The molecule has 0 aliphatic heterocycles. The van der Waals surface area contributed by atoms with Crippen molar-refractivity contribution in [1.29, 1.82) is 0 Å². The van der Waals surface area contributed by atoms with Crippen molar-refractivity contribution in [1.82, 2.24) is 0 Å². The number of hydrogen-bond donors (Lipinski definition) is 0. The zero-order valence-electron chi connectivity index (χ0n) is 17.3. The first-order chi connectivity index (χ1) is 10.1. The molecule has 1 unspecified atom stereocenters. The number of rotatable bonds is 5.